The Morgan fingerprint density at radius 3 is 2.60 bits per heavy atom. The van der Waals surface area contributed by atoms with Crippen LogP contribution in [0.1, 0.15) is 38.1 Å². The second-order valence-electron chi connectivity index (χ2n) is 5.80. The van der Waals surface area contributed by atoms with E-state index in [4.69, 9.17) is 4.74 Å². The van der Waals surface area contributed by atoms with Gasteiger partial charge in [-0.25, -0.2) is 4.79 Å². The maximum Gasteiger partial charge on any atom is 0.410 e. The normalized spacial score (nSPS) is 18.6. The molecule has 0 radical (unpaired) electrons. The maximum atomic E-state index is 12.1. The van der Waals surface area contributed by atoms with E-state index in [0.29, 0.717) is 11.4 Å². The second kappa shape index (κ2) is 4.77. The summed E-state index contributed by atoms with van der Waals surface area (Å²) in [6.07, 6.45) is -0.542. The van der Waals surface area contributed by atoms with Crippen LogP contribution in [0.15, 0.2) is 0 Å². The number of aliphatic carboxylic acids is 1. The van der Waals surface area contributed by atoms with E-state index in [2.05, 4.69) is 10.3 Å². The minimum Gasteiger partial charge on any atom is -0.481 e. The van der Waals surface area contributed by atoms with Crippen molar-refractivity contribution in [3.63, 3.8) is 0 Å². The van der Waals surface area contributed by atoms with Crippen molar-refractivity contribution in [2.75, 3.05) is 6.54 Å². The number of aryl methyl sites for hydroxylation is 1. The van der Waals surface area contributed by atoms with Crippen LogP contribution in [0.3, 0.4) is 0 Å². The fourth-order valence-electron chi connectivity index (χ4n) is 2.16. The van der Waals surface area contributed by atoms with Gasteiger partial charge in [-0.15, -0.1) is 5.10 Å². The van der Waals surface area contributed by atoms with E-state index in [0.717, 1.165) is 0 Å². The summed E-state index contributed by atoms with van der Waals surface area (Å²) < 4.78 is 6.71. The molecule has 0 bridgehead atoms. The monoisotopic (exact) mass is 282 g/mol. The number of carboxylic acid groups (broad SMARTS) is 1. The lowest BCUT2D eigenvalue weighted by molar-refractivity contribution is -0.139. The third kappa shape index (κ3) is 2.73. The van der Waals surface area contributed by atoms with Gasteiger partial charge in [0.05, 0.1) is 12.2 Å². The summed E-state index contributed by atoms with van der Waals surface area (Å²) in [5.41, 5.74) is 0.410. The fraction of sp³-hybridized carbons (Fsp3) is 0.667. The Morgan fingerprint density at radius 1 is 1.40 bits per heavy atom. The number of carboxylic acids is 1. The van der Waals surface area contributed by atoms with E-state index in [1.54, 1.807) is 27.8 Å². The molecule has 2 rings (SSSR count). The van der Waals surface area contributed by atoms with E-state index in [1.807, 2.05) is 0 Å². The van der Waals surface area contributed by atoms with Crippen LogP contribution >= 0.6 is 0 Å². The van der Waals surface area contributed by atoms with Crippen LogP contribution in [-0.2, 0) is 23.1 Å². The van der Waals surface area contributed by atoms with Crippen molar-refractivity contribution in [2.45, 2.75) is 38.8 Å². The highest BCUT2D eigenvalue weighted by Gasteiger charge is 2.37. The number of nitrogens with zero attached hydrogens (tertiary/aromatic N) is 4. The largest absolute Gasteiger partial charge is 0.481 e. The number of hydrogen-bond acceptors (Lipinski definition) is 5. The number of carbonyl (C=O) groups excluding carboxylic acids is 1. The lowest BCUT2D eigenvalue weighted by Crippen LogP contribution is -2.43. The molecule has 20 heavy (non-hydrogen) atoms. The number of ether oxygens (including phenoxy) is 1. The molecule has 1 atom stereocenters. The molecule has 1 aromatic heterocycles. The topological polar surface area (TPSA) is 97.5 Å². The summed E-state index contributed by atoms with van der Waals surface area (Å²) in [5.74, 6) is -1.85. The molecule has 1 amide bonds. The average molecular weight is 282 g/mol. The fourth-order valence-corrected chi connectivity index (χ4v) is 2.16. The van der Waals surface area contributed by atoms with Gasteiger partial charge in [-0.1, -0.05) is 5.21 Å². The number of hydrogen-bond donors (Lipinski definition) is 1. The summed E-state index contributed by atoms with van der Waals surface area (Å²) in [7, 11) is 1.64. The van der Waals surface area contributed by atoms with E-state index >= 15 is 0 Å². The smallest absolute Gasteiger partial charge is 0.410 e. The van der Waals surface area contributed by atoms with Gasteiger partial charge in [0, 0.05) is 13.6 Å². The summed E-state index contributed by atoms with van der Waals surface area (Å²) >= 11 is 0. The van der Waals surface area contributed by atoms with Crippen LogP contribution in [0.25, 0.3) is 0 Å². The van der Waals surface area contributed by atoms with Crippen molar-refractivity contribution in [2.24, 2.45) is 7.05 Å². The van der Waals surface area contributed by atoms with Gasteiger partial charge in [-0.3, -0.25) is 9.48 Å². The summed E-state index contributed by atoms with van der Waals surface area (Å²) in [4.78, 5) is 24.8. The Labute approximate surface area is 116 Å². The Balaban J connectivity index is 2.25. The lowest BCUT2D eigenvalue weighted by Gasteiger charge is -2.32. The Morgan fingerprint density at radius 2 is 2.05 bits per heavy atom. The molecule has 8 heteroatoms. The molecule has 0 saturated heterocycles. The maximum absolute atomic E-state index is 12.1. The molecule has 0 aromatic carbocycles. The van der Waals surface area contributed by atoms with Gasteiger partial charge in [-0.2, -0.15) is 0 Å². The molecule has 0 saturated carbocycles. The van der Waals surface area contributed by atoms with Crippen LogP contribution in [0.2, 0.25) is 0 Å². The summed E-state index contributed by atoms with van der Waals surface area (Å²) in [6.45, 7) is 5.55. The first kappa shape index (κ1) is 14.3. The first-order valence-corrected chi connectivity index (χ1v) is 6.28. The van der Waals surface area contributed by atoms with Gasteiger partial charge in [0.2, 0.25) is 0 Å². The summed E-state index contributed by atoms with van der Waals surface area (Å²) in [5, 5.41) is 17.1. The zero-order valence-electron chi connectivity index (χ0n) is 12.0. The standard InChI is InChI=1S/C12H18N4O4/c1-12(2,3)20-11(19)16-5-7(10(17)18)9-8(6-16)13-14-15(9)4/h7H,5-6H2,1-4H3,(H,17,18). The van der Waals surface area contributed by atoms with E-state index in [-0.39, 0.29) is 13.1 Å². The van der Waals surface area contributed by atoms with Crippen molar-refractivity contribution >= 4 is 12.1 Å². The van der Waals surface area contributed by atoms with Gasteiger partial charge in [0.25, 0.3) is 0 Å². The van der Waals surface area contributed by atoms with Crippen molar-refractivity contribution in [1.82, 2.24) is 19.9 Å². The van der Waals surface area contributed by atoms with E-state index in [9.17, 15) is 14.7 Å². The second-order valence-corrected chi connectivity index (χ2v) is 5.80. The predicted octanol–water partition coefficient (Wildman–Crippen LogP) is 0.734. The Bertz CT molecular complexity index is 546. The zero-order chi connectivity index (χ0) is 15.1. The first-order valence-electron chi connectivity index (χ1n) is 6.28. The number of carbonyl (C=O) groups is 2. The third-order valence-electron chi connectivity index (χ3n) is 2.97. The van der Waals surface area contributed by atoms with Gasteiger partial charge >= 0.3 is 12.1 Å². The Hall–Kier alpha value is -2.12. The van der Waals surface area contributed by atoms with Gasteiger partial charge in [-0.05, 0) is 20.8 Å². The average Bonchev–Trinajstić information content (AvgIpc) is 2.68. The highest BCUT2D eigenvalue weighted by Crippen LogP contribution is 2.27. The van der Waals surface area contributed by atoms with Crippen LogP contribution in [0.4, 0.5) is 4.79 Å². The highest BCUT2D eigenvalue weighted by atomic mass is 16.6. The van der Waals surface area contributed by atoms with Crippen LogP contribution in [-0.4, -0.2) is 49.2 Å². The predicted molar refractivity (Wildman–Crippen MR) is 68.0 cm³/mol. The minimum absolute atomic E-state index is 0.0540. The molecule has 0 aliphatic carbocycles. The Kier molecular flexibility index (Phi) is 3.41. The van der Waals surface area contributed by atoms with Crippen molar-refractivity contribution < 1.29 is 19.4 Å². The van der Waals surface area contributed by atoms with E-state index in [1.165, 1.54) is 9.58 Å². The van der Waals surface area contributed by atoms with Gasteiger partial charge in [0.15, 0.2) is 0 Å². The summed E-state index contributed by atoms with van der Waals surface area (Å²) in [6, 6.07) is 0. The molecule has 1 aliphatic heterocycles. The van der Waals surface area contributed by atoms with Crippen molar-refractivity contribution in [1.29, 1.82) is 0 Å². The van der Waals surface area contributed by atoms with Gasteiger partial charge < -0.3 is 14.7 Å². The molecule has 0 fully saturated rings. The van der Waals surface area contributed by atoms with Crippen LogP contribution < -0.4 is 0 Å². The quantitative estimate of drug-likeness (QED) is 0.815. The van der Waals surface area contributed by atoms with Gasteiger partial charge in [0.1, 0.15) is 17.2 Å². The molecule has 2 heterocycles. The van der Waals surface area contributed by atoms with Crippen LogP contribution in [0, 0.1) is 0 Å². The first-order chi connectivity index (χ1) is 9.19. The van der Waals surface area contributed by atoms with Crippen LogP contribution in [0.5, 0.6) is 0 Å². The molecular weight excluding hydrogens is 264 g/mol. The minimum atomic E-state index is -1.01. The van der Waals surface area contributed by atoms with Crippen molar-refractivity contribution in [3.8, 4) is 0 Å². The number of aromatic nitrogens is 3. The molecule has 110 valence electrons. The molecule has 1 aromatic rings. The molecule has 8 nitrogen and oxygen atoms in total. The number of fused-ring (bicyclic) bond motifs is 1. The zero-order valence-corrected chi connectivity index (χ0v) is 12.0. The third-order valence-corrected chi connectivity index (χ3v) is 2.97. The SMILES string of the molecule is Cn1nnc2c1C(C(=O)O)CN(C(=O)OC(C)(C)C)C2. The van der Waals surface area contributed by atoms with Crippen molar-refractivity contribution in [3.05, 3.63) is 11.4 Å². The number of rotatable bonds is 1. The molecular formula is C12H18N4O4. The lowest BCUT2D eigenvalue weighted by atomic mass is 9.99. The molecule has 1 aliphatic rings. The number of amides is 1. The molecule has 0 spiro atoms. The van der Waals surface area contributed by atoms with E-state index < -0.39 is 23.6 Å². The molecule has 1 N–H and O–H groups in total. The highest BCUT2D eigenvalue weighted by molar-refractivity contribution is 5.78. The molecule has 1 unspecified atom stereocenters.